The zero-order valence-corrected chi connectivity index (χ0v) is 17.9. The molecule has 0 bridgehead atoms. The average Bonchev–Trinajstić information content (AvgIpc) is 3.44. The van der Waals surface area contributed by atoms with Crippen molar-refractivity contribution in [2.75, 3.05) is 6.54 Å². The fraction of sp³-hybridized carbons (Fsp3) is 0.214. The van der Waals surface area contributed by atoms with E-state index in [-0.39, 0.29) is 17.6 Å². The van der Waals surface area contributed by atoms with Crippen LogP contribution < -0.4 is 0 Å². The maximum absolute atomic E-state index is 14.0. The van der Waals surface area contributed by atoms with Crippen molar-refractivity contribution in [3.05, 3.63) is 114 Å². The lowest BCUT2D eigenvalue weighted by Crippen LogP contribution is -2.56. The van der Waals surface area contributed by atoms with Gasteiger partial charge < -0.3 is 9.32 Å². The highest BCUT2D eigenvalue weighted by Crippen LogP contribution is 2.50. The maximum atomic E-state index is 14.0. The maximum Gasteiger partial charge on any atom is 0.237 e. The van der Waals surface area contributed by atoms with E-state index in [9.17, 15) is 9.59 Å². The number of rotatable bonds is 5. The first-order valence-corrected chi connectivity index (χ1v) is 11.0. The Hall–Kier alpha value is -3.66. The summed E-state index contributed by atoms with van der Waals surface area (Å²) in [6.45, 7) is 5.39. The molecule has 0 unspecified atom stereocenters. The molecule has 32 heavy (non-hydrogen) atoms. The van der Waals surface area contributed by atoms with Crippen molar-refractivity contribution >= 4 is 17.8 Å². The predicted molar refractivity (Wildman–Crippen MR) is 124 cm³/mol. The van der Waals surface area contributed by atoms with Crippen LogP contribution >= 0.6 is 0 Å². The Morgan fingerprint density at radius 3 is 2.59 bits per heavy atom. The van der Waals surface area contributed by atoms with Crippen molar-refractivity contribution in [1.82, 2.24) is 4.90 Å². The molecule has 2 aromatic carbocycles. The number of amides is 1. The zero-order chi connectivity index (χ0) is 22.1. The first-order valence-electron chi connectivity index (χ1n) is 11.0. The first-order chi connectivity index (χ1) is 15.6. The highest BCUT2D eigenvalue weighted by molar-refractivity contribution is 6.18. The van der Waals surface area contributed by atoms with Gasteiger partial charge in [0.15, 0.2) is 5.78 Å². The van der Waals surface area contributed by atoms with Crippen LogP contribution in [0.5, 0.6) is 0 Å². The Balaban J connectivity index is 1.51. The predicted octanol–water partition coefficient (Wildman–Crippen LogP) is 5.32. The molecule has 2 aliphatic rings. The molecule has 0 saturated carbocycles. The van der Waals surface area contributed by atoms with Crippen molar-refractivity contribution in [3.63, 3.8) is 0 Å². The van der Waals surface area contributed by atoms with E-state index in [1.807, 2.05) is 83.8 Å². The first kappa shape index (κ1) is 20.3. The second-order valence-electron chi connectivity index (χ2n) is 8.61. The third-order valence-corrected chi connectivity index (χ3v) is 6.76. The number of Topliss-reactive ketones (excluding diaryl/α,β-unsaturated/α-hetero) is 1. The molecule has 3 aromatic rings. The third kappa shape index (κ3) is 3.32. The van der Waals surface area contributed by atoms with Crippen LogP contribution in [0.15, 0.2) is 95.6 Å². The Labute approximate surface area is 187 Å². The van der Waals surface area contributed by atoms with Crippen molar-refractivity contribution in [1.29, 1.82) is 0 Å². The van der Waals surface area contributed by atoms with Gasteiger partial charge in [0.05, 0.1) is 6.26 Å². The molecule has 1 saturated heterocycles. The van der Waals surface area contributed by atoms with Gasteiger partial charge in [0.25, 0.3) is 0 Å². The summed E-state index contributed by atoms with van der Waals surface area (Å²) >= 11 is 0. The van der Waals surface area contributed by atoms with Crippen LogP contribution in [0.1, 0.15) is 33.7 Å². The minimum absolute atomic E-state index is 0.0755. The summed E-state index contributed by atoms with van der Waals surface area (Å²) in [5, 5.41) is 0. The van der Waals surface area contributed by atoms with E-state index in [1.54, 1.807) is 6.26 Å². The number of ketones is 1. The number of furan rings is 1. The van der Waals surface area contributed by atoms with Gasteiger partial charge in [-0.25, -0.2) is 0 Å². The summed E-state index contributed by atoms with van der Waals surface area (Å²) in [6, 6.07) is 21.2. The molecule has 1 aliphatic heterocycles. The average molecular weight is 424 g/mol. The van der Waals surface area contributed by atoms with Crippen LogP contribution in [0.2, 0.25) is 0 Å². The molecule has 0 radical (unpaired) electrons. The van der Waals surface area contributed by atoms with Gasteiger partial charge in [0.1, 0.15) is 11.2 Å². The van der Waals surface area contributed by atoms with Crippen LogP contribution in [0, 0.1) is 11.3 Å². The van der Waals surface area contributed by atoms with Gasteiger partial charge in [-0.3, -0.25) is 9.59 Å². The molecule has 1 fully saturated rings. The van der Waals surface area contributed by atoms with Crippen molar-refractivity contribution in [2.45, 2.75) is 19.4 Å². The van der Waals surface area contributed by atoms with Crippen molar-refractivity contribution in [3.8, 4) is 0 Å². The minimum Gasteiger partial charge on any atom is -0.465 e. The summed E-state index contributed by atoms with van der Waals surface area (Å²) in [4.78, 5) is 29.6. The number of benzene rings is 2. The molecule has 0 N–H and O–H groups in total. The van der Waals surface area contributed by atoms with Gasteiger partial charge in [0, 0.05) is 24.6 Å². The van der Waals surface area contributed by atoms with Gasteiger partial charge in [-0.2, -0.15) is 0 Å². The fourth-order valence-corrected chi connectivity index (χ4v) is 5.18. The van der Waals surface area contributed by atoms with E-state index in [0.29, 0.717) is 37.3 Å². The molecule has 5 rings (SSSR count). The number of carbonyl (C=O) groups is 2. The number of piperidine rings is 1. The standard InChI is InChI=1S/C28H25NO3/c1-20(13-14-23-11-7-17-32-23)25-15-16-29(19-21-8-3-2-4-9-21)27(31)28(25)18-22-10-5-6-12-24(22)26(28)30/h2-14,17,25H,1,15-16,18-19H2/b14-13-/t25-,28+/m0/s1. The van der Waals surface area contributed by atoms with E-state index in [0.717, 1.165) is 16.7 Å². The number of nitrogens with zero attached hydrogens (tertiary/aromatic N) is 1. The summed E-state index contributed by atoms with van der Waals surface area (Å²) in [6.07, 6.45) is 6.47. The number of fused-ring (bicyclic) bond motifs is 1. The van der Waals surface area contributed by atoms with Gasteiger partial charge in [-0.1, -0.05) is 72.8 Å². The Morgan fingerprint density at radius 1 is 1.06 bits per heavy atom. The molecule has 2 heterocycles. The van der Waals surface area contributed by atoms with Gasteiger partial charge >= 0.3 is 0 Å². The Morgan fingerprint density at radius 2 is 1.84 bits per heavy atom. The molecular formula is C28H25NO3. The number of likely N-dealkylation sites (tertiary alicyclic amines) is 1. The quantitative estimate of drug-likeness (QED) is 0.412. The zero-order valence-electron chi connectivity index (χ0n) is 17.9. The molecule has 1 spiro atoms. The fourth-order valence-electron chi connectivity index (χ4n) is 5.18. The normalized spacial score (nSPS) is 22.6. The lowest BCUT2D eigenvalue weighted by molar-refractivity contribution is -0.146. The molecule has 1 amide bonds. The molecule has 2 atom stereocenters. The van der Waals surface area contributed by atoms with Gasteiger partial charge in [-0.05, 0) is 42.2 Å². The summed E-state index contributed by atoms with van der Waals surface area (Å²) < 4.78 is 5.39. The number of allylic oxidation sites excluding steroid dienone is 2. The molecular weight excluding hydrogens is 398 g/mol. The van der Waals surface area contributed by atoms with Crippen LogP contribution in [0.4, 0.5) is 0 Å². The number of carbonyl (C=O) groups excluding carboxylic acids is 2. The summed E-state index contributed by atoms with van der Waals surface area (Å²) in [5.41, 5.74) is 2.32. The lowest BCUT2D eigenvalue weighted by atomic mass is 9.64. The van der Waals surface area contributed by atoms with Gasteiger partial charge in [0.2, 0.25) is 5.91 Å². The highest BCUT2D eigenvalue weighted by Gasteiger charge is 2.59. The van der Waals surface area contributed by atoms with Crippen LogP contribution in [0.3, 0.4) is 0 Å². The second kappa shape index (κ2) is 8.12. The van der Waals surface area contributed by atoms with E-state index in [4.69, 9.17) is 4.42 Å². The smallest absolute Gasteiger partial charge is 0.237 e. The monoisotopic (exact) mass is 423 g/mol. The van der Waals surface area contributed by atoms with Crippen molar-refractivity contribution in [2.24, 2.45) is 11.3 Å². The minimum atomic E-state index is -1.14. The topological polar surface area (TPSA) is 50.5 Å². The number of hydrogen-bond donors (Lipinski definition) is 0. The largest absolute Gasteiger partial charge is 0.465 e. The third-order valence-electron chi connectivity index (χ3n) is 6.76. The van der Waals surface area contributed by atoms with Gasteiger partial charge in [-0.15, -0.1) is 0 Å². The SMILES string of the molecule is C=C(/C=C\c1ccco1)[C@@H]1CCN(Cc2ccccc2)C(=O)[C@]12Cc1ccccc1C2=O. The van der Waals surface area contributed by atoms with Crippen LogP contribution in [-0.4, -0.2) is 23.1 Å². The lowest BCUT2D eigenvalue weighted by Gasteiger charge is -2.44. The molecule has 4 heteroatoms. The van der Waals surface area contributed by atoms with E-state index < -0.39 is 5.41 Å². The second-order valence-corrected chi connectivity index (χ2v) is 8.61. The van der Waals surface area contributed by atoms with Crippen molar-refractivity contribution < 1.29 is 14.0 Å². The van der Waals surface area contributed by atoms with Crippen LogP contribution in [0.25, 0.3) is 6.08 Å². The Bertz CT molecular complexity index is 1190. The molecule has 4 nitrogen and oxygen atoms in total. The highest BCUT2D eigenvalue weighted by atomic mass is 16.3. The molecule has 1 aliphatic carbocycles. The Kier molecular flexibility index (Phi) is 5.14. The summed E-state index contributed by atoms with van der Waals surface area (Å²) in [7, 11) is 0. The molecule has 1 aromatic heterocycles. The van der Waals surface area contributed by atoms with E-state index >= 15 is 0 Å². The summed E-state index contributed by atoms with van der Waals surface area (Å²) in [5.74, 6) is 0.293. The van der Waals surface area contributed by atoms with E-state index in [1.165, 1.54) is 0 Å². The molecule has 160 valence electrons. The van der Waals surface area contributed by atoms with E-state index in [2.05, 4.69) is 6.58 Å². The number of hydrogen-bond acceptors (Lipinski definition) is 3. The van der Waals surface area contributed by atoms with Crippen LogP contribution in [-0.2, 0) is 17.8 Å².